The highest BCUT2D eigenvalue weighted by atomic mass is 32.1. The van der Waals surface area contributed by atoms with E-state index in [1.54, 1.807) is 12.1 Å². The predicted octanol–water partition coefficient (Wildman–Crippen LogP) is 2.98. The number of carbonyl (C=O) groups excluding carboxylic acids is 3. The Kier molecular flexibility index (Phi) is 6.08. The molecule has 0 aliphatic heterocycles. The number of carbonyl (C=O) groups is 3. The Labute approximate surface area is 165 Å². The first-order valence-corrected chi connectivity index (χ1v) is 9.86. The van der Waals surface area contributed by atoms with Crippen molar-refractivity contribution in [3.05, 3.63) is 51.7 Å². The number of hydrogen-bond acceptors (Lipinski definition) is 5. The molecular formula is C20H21FN2O4S. The van der Waals surface area contributed by atoms with Crippen LogP contribution in [-0.2, 0) is 33.6 Å². The van der Waals surface area contributed by atoms with E-state index in [-0.39, 0.29) is 12.2 Å². The number of esters is 1. The number of rotatable bonds is 7. The van der Waals surface area contributed by atoms with E-state index in [1.807, 2.05) is 0 Å². The Bertz CT molecular complexity index is 908. The van der Waals surface area contributed by atoms with Crippen molar-refractivity contribution < 1.29 is 23.5 Å². The predicted molar refractivity (Wildman–Crippen MR) is 104 cm³/mol. The minimum Gasteiger partial charge on any atom is -0.453 e. The number of hydrogen-bond donors (Lipinski definition) is 2. The van der Waals surface area contributed by atoms with Gasteiger partial charge >= 0.3 is 5.97 Å². The Morgan fingerprint density at radius 3 is 2.64 bits per heavy atom. The summed E-state index contributed by atoms with van der Waals surface area (Å²) in [5.74, 6) is -1.96. The summed E-state index contributed by atoms with van der Waals surface area (Å²) in [7, 11) is 0. The van der Waals surface area contributed by atoms with Crippen molar-refractivity contribution in [3.63, 3.8) is 0 Å². The lowest BCUT2D eigenvalue weighted by atomic mass is 10.1. The first kappa shape index (κ1) is 20.0. The molecule has 0 radical (unpaired) electrons. The lowest BCUT2D eigenvalue weighted by Gasteiger charge is -2.13. The number of benzene rings is 1. The normalized spacial score (nSPS) is 13.6. The molecule has 3 N–H and O–H groups in total. The van der Waals surface area contributed by atoms with E-state index < -0.39 is 23.9 Å². The van der Waals surface area contributed by atoms with Gasteiger partial charge in [-0.2, -0.15) is 0 Å². The van der Waals surface area contributed by atoms with Crippen LogP contribution < -0.4 is 11.1 Å². The SMILES string of the molecule is C[C@@H](OC(=O)CCc1ccc(F)cc1)C(=O)Nc1sc2c(c1C(N)=O)CCC2. The van der Waals surface area contributed by atoms with Crippen LogP contribution in [-0.4, -0.2) is 23.9 Å². The van der Waals surface area contributed by atoms with Gasteiger partial charge in [0.05, 0.1) is 5.56 Å². The molecule has 0 spiro atoms. The van der Waals surface area contributed by atoms with Crippen LogP contribution in [0.25, 0.3) is 0 Å². The number of fused-ring (bicyclic) bond motifs is 1. The Morgan fingerprint density at radius 2 is 1.96 bits per heavy atom. The van der Waals surface area contributed by atoms with Crippen molar-refractivity contribution in [2.24, 2.45) is 5.73 Å². The van der Waals surface area contributed by atoms with Gasteiger partial charge in [-0.1, -0.05) is 12.1 Å². The van der Waals surface area contributed by atoms with Crippen LogP contribution >= 0.6 is 11.3 Å². The molecule has 1 aliphatic carbocycles. The number of nitrogens with one attached hydrogen (secondary N) is 1. The van der Waals surface area contributed by atoms with Gasteiger partial charge in [-0.25, -0.2) is 4.39 Å². The summed E-state index contributed by atoms with van der Waals surface area (Å²) in [6.45, 7) is 1.47. The monoisotopic (exact) mass is 404 g/mol. The summed E-state index contributed by atoms with van der Waals surface area (Å²) in [6, 6.07) is 5.84. The lowest BCUT2D eigenvalue weighted by Crippen LogP contribution is -2.30. The molecule has 0 saturated carbocycles. The van der Waals surface area contributed by atoms with Gasteiger partial charge in [0.1, 0.15) is 10.8 Å². The van der Waals surface area contributed by atoms with Crippen LogP contribution in [0.15, 0.2) is 24.3 Å². The number of anilines is 1. The van der Waals surface area contributed by atoms with E-state index in [9.17, 15) is 18.8 Å². The molecule has 0 unspecified atom stereocenters. The summed E-state index contributed by atoms with van der Waals surface area (Å²) in [4.78, 5) is 37.2. The second-order valence-electron chi connectivity index (χ2n) is 6.67. The van der Waals surface area contributed by atoms with Crippen LogP contribution in [0, 0.1) is 5.82 Å². The van der Waals surface area contributed by atoms with Crippen molar-refractivity contribution in [1.82, 2.24) is 0 Å². The van der Waals surface area contributed by atoms with Crippen LogP contribution in [0.2, 0.25) is 0 Å². The van der Waals surface area contributed by atoms with Crippen molar-refractivity contribution in [1.29, 1.82) is 0 Å². The molecule has 0 saturated heterocycles. The van der Waals surface area contributed by atoms with Crippen LogP contribution in [0.1, 0.15) is 46.1 Å². The van der Waals surface area contributed by atoms with Gasteiger partial charge in [0.15, 0.2) is 6.10 Å². The van der Waals surface area contributed by atoms with Gasteiger partial charge in [-0.05, 0) is 55.9 Å². The topological polar surface area (TPSA) is 98.5 Å². The highest BCUT2D eigenvalue weighted by Gasteiger charge is 2.27. The van der Waals surface area contributed by atoms with Gasteiger partial charge in [0, 0.05) is 11.3 Å². The van der Waals surface area contributed by atoms with E-state index >= 15 is 0 Å². The van der Waals surface area contributed by atoms with Crippen molar-refractivity contribution in [3.8, 4) is 0 Å². The van der Waals surface area contributed by atoms with Crippen molar-refractivity contribution in [2.75, 3.05) is 5.32 Å². The van der Waals surface area contributed by atoms with Crippen LogP contribution in [0.4, 0.5) is 9.39 Å². The quantitative estimate of drug-likeness (QED) is 0.693. The molecule has 2 amide bonds. The molecule has 1 aromatic heterocycles. The standard InChI is InChI=1S/C20H21FN2O4S/c1-11(27-16(24)10-7-12-5-8-13(21)9-6-12)19(26)23-20-17(18(22)25)14-3-2-4-15(14)28-20/h5-6,8-9,11H,2-4,7,10H2,1H3,(H2,22,25)(H,23,26)/t11-/m1/s1. The summed E-state index contributed by atoms with van der Waals surface area (Å²) in [5, 5.41) is 3.08. The molecule has 8 heteroatoms. The van der Waals surface area contributed by atoms with E-state index in [0.29, 0.717) is 17.0 Å². The maximum Gasteiger partial charge on any atom is 0.306 e. The number of ether oxygens (including phenoxy) is 1. The smallest absolute Gasteiger partial charge is 0.306 e. The summed E-state index contributed by atoms with van der Waals surface area (Å²) in [6.07, 6.45) is 2.05. The highest BCUT2D eigenvalue weighted by molar-refractivity contribution is 7.17. The Morgan fingerprint density at radius 1 is 1.25 bits per heavy atom. The number of amides is 2. The molecular weight excluding hydrogens is 383 g/mol. The van der Waals surface area contributed by atoms with E-state index in [2.05, 4.69) is 5.32 Å². The van der Waals surface area contributed by atoms with E-state index in [1.165, 1.54) is 30.4 Å². The molecule has 1 heterocycles. The van der Waals surface area contributed by atoms with E-state index in [4.69, 9.17) is 10.5 Å². The number of primary amides is 1. The summed E-state index contributed by atoms with van der Waals surface area (Å²) in [5.41, 5.74) is 7.55. The summed E-state index contributed by atoms with van der Waals surface area (Å²) < 4.78 is 18.1. The minimum absolute atomic E-state index is 0.0725. The van der Waals surface area contributed by atoms with Gasteiger partial charge in [0.2, 0.25) is 0 Å². The molecule has 2 aromatic rings. The number of nitrogens with two attached hydrogens (primary N) is 1. The first-order chi connectivity index (χ1) is 13.3. The second-order valence-corrected chi connectivity index (χ2v) is 7.78. The van der Waals surface area contributed by atoms with Gasteiger partial charge in [0.25, 0.3) is 11.8 Å². The zero-order valence-corrected chi connectivity index (χ0v) is 16.2. The maximum absolute atomic E-state index is 12.9. The maximum atomic E-state index is 12.9. The van der Waals surface area contributed by atoms with Crippen LogP contribution in [0.5, 0.6) is 0 Å². The third kappa shape index (κ3) is 4.56. The molecule has 1 aliphatic rings. The average molecular weight is 404 g/mol. The average Bonchev–Trinajstić information content (AvgIpc) is 3.21. The second kappa shape index (κ2) is 8.52. The first-order valence-electron chi connectivity index (χ1n) is 9.04. The molecule has 1 atom stereocenters. The fourth-order valence-electron chi connectivity index (χ4n) is 3.17. The number of thiophene rings is 1. The molecule has 0 fully saturated rings. The fourth-order valence-corrected chi connectivity index (χ4v) is 4.47. The molecule has 1 aromatic carbocycles. The third-order valence-corrected chi connectivity index (χ3v) is 5.82. The highest BCUT2D eigenvalue weighted by Crippen LogP contribution is 2.38. The van der Waals surface area contributed by atoms with Gasteiger partial charge in [-0.15, -0.1) is 11.3 Å². The Balaban J connectivity index is 1.55. The zero-order valence-electron chi connectivity index (χ0n) is 15.4. The Hall–Kier alpha value is -2.74. The number of aryl methyl sites for hydroxylation is 2. The minimum atomic E-state index is -1.02. The summed E-state index contributed by atoms with van der Waals surface area (Å²) >= 11 is 1.35. The number of halogens is 1. The fraction of sp³-hybridized carbons (Fsp3) is 0.350. The van der Waals surface area contributed by atoms with Crippen molar-refractivity contribution >= 4 is 34.1 Å². The lowest BCUT2D eigenvalue weighted by molar-refractivity contribution is -0.153. The van der Waals surface area contributed by atoms with Crippen molar-refractivity contribution in [2.45, 2.75) is 45.1 Å². The van der Waals surface area contributed by atoms with Crippen LogP contribution in [0.3, 0.4) is 0 Å². The largest absolute Gasteiger partial charge is 0.453 e. The van der Waals surface area contributed by atoms with E-state index in [0.717, 1.165) is 35.3 Å². The molecule has 3 rings (SSSR count). The molecule has 0 bridgehead atoms. The molecule has 28 heavy (non-hydrogen) atoms. The van der Waals surface area contributed by atoms with Gasteiger partial charge in [-0.3, -0.25) is 14.4 Å². The zero-order chi connectivity index (χ0) is 20.3. The molecule has 6 nitrogen and oxygen atoms in total. The molecule has 148 valence electrons. The third-order valence-electron chi connectivity index (χ3n) is 4.61. The van der Waals surface area contributed by atoms with Gasteiger partial charge < -0.3 is 15.8 Å².